The van der Waals surface area contributed by atoms with Crippen LogP contribution < -0.4 is 10.1 Å². The van der Waals surface area contributed by atoms with Gasteiger partial charge in [-0.2, -0.15) is 0 Å². The molecule has 0 spiro atoms. The maximum absolute atomic E-state index is 5.47. The van der Waals surface area contributed by atoms with Crippen LogP contribution in [0.25, 0.3) is 10.9 Å². The number of benzene rings is 1. The fourth-order valence-electron chi connectivity index (χ4n) is 5.51. The average molecular weight is 425 g/mol. The van der Waals surface area contributed by atoms with Crippen LogP contribution in [0.2, 0.25) is 0 Å². The summed E-state index contributed by atoms with van der Waals surface area (Å²) < 4.78 is 5.47. The molecule has 0 saturated carbocycles. The standard InChI is InChI=1S/C28H44N2O/c1-5-7-8-22(6-2)10-12-24-20-29-17-15-23(24)11-9-21(3)26-16-18-30-28-14-13-25(31-4)19-27(26)28/h13-14,16,18-19,21-24,29H,5-12,15,17,20H2,1-4H3/t21?,22?,23-,24+/m1/s1. The lowest BCUT2D eigenvalue weighted by atomic mass is 9.77. The maximum atomic E-state index is 5.47. The molecule has 1 aliphatic rings. The van der Waals surface area contributed by atoms with Crippen molar-refractivity contribution in [1.82, 2.24) is 10.3 Å². The van der Waals surface area contributed by atoms with Crippen LogP contribution in [0.1, 0.15) is 90.0 Å². The van der Waals surface area contributed by atoms with E-state index in [9.17, 15) is 0 Å². The highest BCUT2D eigenvalue weighted by Crippen LogP contribution is 2.35. The van der Waals surface area contributed by atoms with Gasteiger partial charge in [0.15, 0.2) is 0 Å². The van der Waals surface area contributed by atoms with E-state index in [4.69, 9.17) is 4.74 Å². The Balaban J connectivity index is 1.60. The summed E-state index contributed by atoms with van der Waals surface area (Å²) in [4.78, 5) is 4.57. The van der Waals surface area contributed by atoms with Crippen molar-refractivity contribution in [3.8, 4) is 5.75 Å². The zero-order valence-corrected chi connectivity index (χ0v) is 20.3. The topological polar surface area (TPSA) is 34.2 Å². The molecule has 3 heteroatoms. The summed E-state index contributed by atoms with van der Waals surface area (Å²) in [5.41, 5.74) is 2.49. The Bertz CT molecular complexity index is 790. The van der Waals surface area contributed by atoms with E-state index >= 15 is 0 Å². The van der Waals surface area contributed by atoms with E-state index in [0.29, 0.717) is 5.92 Å². The smallest absolute Gasteiger partial charge is 0.119 e. The highest BCUT2D eigenvalue weighted by molar-refractivity contribution is 5.84. The third-order valence-electron chi connectivity index (χ3n) is 7.74. The van der Waals surface area contributed by atoms with Gasteiger partial charge in [0.2, 0.25) is 0 Å². The summed E-state index contributed by atoms with van der Waals surface area (Å²) in [6, 6.07) is 8.46. The number of hydrogen-bond donors (Lipinski definition) is 1. The largest absolute Gasteiger partial charge is 0.497 e. The van der Waals surface area contributed by atoms with Crippen LogP contribution in [-0.4, -0.2) is 25.2 Å². The number of aromatic nitrogens is 1. The minimum absolute atomic E-state index is 0.543. The summed E-state index contributed by atoms with van der Waals surface area (Å²) in [6.45, 7) is 9.50. The van der Waals surface area contributed by atoms with Gasteiger partial charge in [-0.1, -0.05) is 52.9 Å². The molecule has 3 nitrogen and oxygen atoms in total. The average Bonchev–Trinajstić information content (AvgIpc) is 2.82. The monoisotopic (exact) mass is 424 g/mol. The first-order valence-corrected chi connectivity index (χ1v) is 12.8. The van der Waals surface area contributed by atoms with Crippen LogP contribution in [0.4, 0.5) is 0 Å². The molecule has 172 valence electrons. The number of nitrogens with zero attached hydrogens (tertiary/aromatic N) is 1. The second-order valence-corrected chi connectivity index (χ2v) is 9.77. The molecule has 0 aliphatic carbocycles. The quantitative estimate of drug-likeness (QED) is 0.387. The van der Waals surface area contributed by atoms with E-state index in [2.05, 4.69) is 49.3 Å². The number of methoxy groups -OCH3 is 1. The molecule has 2 unspecified atom stereocenters. The van der Waals surface area contributed by atoms with Crippen LogP contribution in [0.3, 0.4) is 0 Å². The molecule has 3 rings (SSSR count). The van der Waals surface area contributed by atoms with Crippen molar-refractivity contribution in [1.29, 1.82) is 0 Å². The fraction of sp³-hybridized carbons (Fsp3) is 0.679. The number of piperidine rings is 1. The van der Waals surface area contributed by atoms with E-state index in [-0.39, 0.29) is 0 Å². The summed E-state index contributed by atoms with van der Waals surface area (Å²) in [7, 11) is 1.74. The number of ether oxygens (including phenoxy) is 1. The molecule has 2 aromatic rings. The first-order valence-electron chi connectivity index (χ1n) is 12.8. The Morgan fingerprint density at radius 1 is 1.10 bits per heavy atom. The third kappa shape index (κ3) is 6.68. The Hall–Kier alpha value is -1.61. The van der Waals surface area contributed by atoms with Gasteiger partial charge >= 0.3 is 0 Å². The van der Waals surface area contributed by atoms with Crippen LogP contribution >= 0.6 is 0 Å². The molecule has 0 radical (unpaired) electrons. The lowest BCUT2D eigenvalue weighted by Crippen LogP contribution is -2.37. The molecule has 1 fully saturated rings. The summed E-state index contributed by atoms with van der Waals surface area (Å²) in [5, 5.41) is 4.93. The van der Waals surface area contributed by atoms with Crippen LogP contribution in [0, 0.1) is 17.8 Å². The minimum Gasteiger partial charge on any atom is -0.497 e. The lowest BCUT2D eigenvalue weighted by molar-refractivity contribution is 0.205. The molecular formula is C28H44N2O. The van der Waals surface area contributed by atoms with E-state index in [0.717, 1.165) is 29.0 Å². The van der Waals surface area contributed by atoms with E-state index in [1.165, 1.54) is 81.8 Å². The van der Waals surface area contributed by atoms with E-state index < -0.39 is 0 Å². The minimum atomic E-state index is 0.543. The molecular weight excluding hydrogens is 380 g/mol. The predicted molar refractivity (Wildman–Crippen MR) is 133 cm³/mol. The van der Waals surface area contributed by atoms with Crippen LogP contribution in [-0.2, 0) is 0 Å². The van der Waals surface area contributed by atoms with Crippen molar-refractivity contribution in [2.75, 3.05) is 20.2 Å². The van der Waals surface area contributed by atoms with Gasteiger partial charge in [0, 0.05) is 11.6 Å². The maximum Gasteiger partial charge on any atom is 0.119 e. The zero-order chi connectivity index (χ0) is 22.1. The molecule has 4 atom stereocenters. The SMILES string of the molecule is CCCCC(CC)CC[C@H]1CNCC[C@H]1CCC(C)c1ccnc2ccc(OC)cc12. The molecule has 1 saturated heterocycles. The van der Waals surface area contributed by atoms with Gasteiger partial charge in [-0.05, 0) is 92.3 Å². The Morgan fingerprint density at radius 2 is 1.94 bits per heavy atom. The fourth-order valence-corrected chi connectivity index (χ4v) is 5.51. The van der Waals surface area contributed by atoms with Crippen molar-refractivity contribution in [3.05, 3.63) is 36.0 Å². The Labute approximate surface area is 190 Å². The third-order valence-corrected chi connectivity index (χ3v) is 7.74. The van der Waals surface area contributed by atoms with Gasteiger partial charge in [0.25, 0.3) is 0 Å². The van der Waals surface area contributed by atoms with Crippen LogP contribution in [0.5, 0.6) is 5.75 Å². The zero-order valence-electron chi connectivity index (χ0n) is 20.3. The predicted octanol–water partition coefficient (Wildman–Crippen LogP) is 7.35. The molecule has 1 N–H and O–H groups in total. The van der Waals surface area contributed by atoms with Gasteiger partial charge in [0.05, 0.1) is 12.6 Å². The molecule has 1 aliphatic heterocycles. The molecule has 0 amide bonds. The van der Waals surface area contributed by atoms with E-state index in [1.54, 1.807) is 7.11 Å². The summed E-state index contributed by atoms with van der Waals surface area (Å²) in [6.07, 6.45) is 14.2. The second-order valence-electron chi connectivity index (χ2n) is 9.77. The van der Waals surface area contributed by atoms with E-state index in [1.807, 2.05) is 12.3 Å². The number of fused-ring (bicyclic) bond motifs is 1. The molecule has 1 aromatic carbocycles. The first kappa shape index (κ1) is 24.0. The first-order chi connectivity index (χ1) is 15.2. The molecule has 1 aromatic heterocycles. The van der Waals surface area contributed by atoms with Crippen molar-refractivity contribution >= 4 is 10.9 Å². The lowest BCUT2D eigenvalue weighted by Gasteiger charge is -2.34. The number of rotatable bonds is 12. The normalized spacial score (nSPS) is 21.2. The van der Waals surface area contributed by atoms with Crippen molar-refractivity contribution in [2.24, 2.45) is 17.8 Å². The van der Waals surface area contributed by atoms with Gasteiger partial charge < -0.3 is 10.1 Å². The Morgan fingerprint density at radius 3 is 2.71 bits per heavy atom. The summed E-state index contributed by atoms with van der Waals surface area (Å²) >= 11 is 0. The van der Waals surface area contributed by atoms with Gasteiger partial charge in [0.1, 0.15) is 5.75 Å². The highest BCUT2D eigenvalue weighted by Gasteiger charge is 2.26. The number of pyridine rings is 1. The Kier molecular flexibility index (Phi) is 9.64. The van der Waals surface area contributed by atoms with Crippen LogP contribution in [0.15, 0.2) is 30.5 Å². The van der Waals surface area contributed by atoms with Crippen molar-refractivity contribution in [3.63, 3.8) is 0 Å². The number of hydrogen-bond acceptors (Lipinski definition) is 3. The number of nitrogens with one attached hydrogen (secondary N) is 1. The molecule has 0 bridgehead atoms. The van der Waals surface area contributed by atoms with Gasteiger partial charge in [-0.3, -0.25) is 4.98 Å². The molecule has 2 heterocycles. The van der Waals surface area contributed by atoms with Crippen molar-refractivity contribution in [2.45, 2.75) is 84.5 Å². The second kappa shape index (κ2) is 12.4. The number of unbranched alkanes of at least 4 members (excludes halogenated alkanes) is 1. The molecule has 31 heavy (non-hydrogen) atoms. The summed E-state index contributed by atoms with van der Waals surface area (Å²) in [5.74, 6) is 4.11. The van der Waals surface area contributed by atoms with Gasteiger partial charge in [-0.25, -0.2) is 0 Å². The highest BCUT2D eigenvalue weighted by atomic mass is 16.5. The van der Waals surface area contributed by atoms with Crippen molar-refractivity contribution < 1.29 is 4.74 Å². The van der Waals surface area contributed by atoms with Gasteiger partial charge in [-0.15, -0.1) is 0 Å².